The zero-order chi connectivity index (χ0) is 20.4. The third-order valence-corrected chi connectivity index (χ3v) is 4.21. The van der Waals surface area contributed by atoms with Gasteiger partial charge in [-0.1, -0.05) is 55.8 Å². The predicted octanol–water partition coefficient (Wildman–Crippen LogP) is 3.63. The SMILES string of the molecule is CCCCOC(=O)c1ccccc1NC(=O)C(=O)N(CC)Cc1ccccc1. The third kappa shape index (κ3) is 5.94. The van der Waals surface area contributed by atoms with E-state index in [1.54, 1.807) is 24.3 Å². The van der Waals surface area contributed by atoms with E-state index in [4.69, 9.17) is 4.74 Å². The van der Waals surface area contributed by atoms with Gasteiger partial charge in [-0.25, -0.2) is 4.79 Å². The summed E-state index contributed by atoms with van der Waals surface area (Å²) in [6.45, 7) is 4.86. The van der Waals surface area contributed by atoms with Crippen LogP contribution in [0.3, 0.4) is 0 Å². The fourth-order valence-electron chi connectivity index (χ4n) is 2.61. The average molecular weight is 382 g/mol. The molecule has 2 aromatic carbocycles. The lowest BCUT2D eigenvalue weighted by Gasteiger charge is -2.20. The van der Waals surface area contributed by atoms with Crippen molar-refractivity contribution in [1.29, 1.82) is 0 Å². The quantitative estimate of drug-likeness (QED) is 0.430. The molecule has 148 valence electrons. The van der Waals surface area contributed by atoms with E-state index >= 15 is 0 Å². The first kappa shape index (κ1) is 21.2. The van der Waals surface area contributed by atoms with E-state index in [2.05, 4.69) is 5.32 Å². The van der Waals surface area contributed by atoms with Crippen molar-refractivity contribution in [2.75, 3.05) is 18.5 Å². The molecule has 28 heavy (non-hydrogen) atoms. The van der Waals surface area contributed by atoms with E-state index < -0.39 is 17.8 Å². The van der Waals surface area contributed by atoms with Crippen molar-refractivity contribution in [1.82, 2.24) is 4.90 Å². The van der Waals surface area contributed by atoms with Gasteiger partial charge in [-0.05, 0) is 31.0 Å². The third-order valence-electron chi connectivity index (χ3n) is 4.21. The standard InChI is InChI=1S/C22H26N2O4/c1-3-5-15-28-22(27)18-13-9-10-14-19(18)23-20(25)21(26)24(4-2)16-17-11-7-6-8-12-17/h6-14H,3-5,15-16H2,1-2H3,(H,23,25). The molecule has 0 unspecified atom stereocenters. The van der Waals surface area contributed by atoms with E-state index in [0.717, 1.165) is 18.4 Å². The molecule has 0 bridgehead atoms. The van der Waals surface area contributed by atoms with Gasteiger partial charge in [0, 0.05) is 13.1 Å². The van der Waals surface area contributed by atoms with Crippen molar-refractivity contribution in [3.8, 4) is 0 Å². The zero-order valence-corrected chi connectivity index (χ0v) is 16.3. The molecule has 0 radical (unpaired) electrons. The molecular weight excluding hydrogens is 356 g/mol. The summed E-state index contributed by atoms with van der Waals surface area (Å²) in [6.07, 6.45) is 1.68. The lowest BCUT2D eigenvalue weighted by atomic mass is 10.1. The van der Waals surface area contributed by atoms with Crippen LogP contribution in [0.25, 0.3) is 0 Å². The average Bonchev–Trinajstić information content (AvgIpc) is 2.72. The first-order chi connectivity index (χ1) is 13.6. The van der Waals surface area contributed by atoms with Crippen LogP contribution in [0.2, 0.25) is 0 Å². The Balaban J connectivity index is 2.06. The number of hydrogen-bond donors (Lipinski definition) is 1. The highest BCUT2D eigenvalue weighted by Crippen LogP contribution is 2.17. The molecule has 0 atom stereocenters. The second kappa shape index (κ2) is 10.9. The molecule has 0 aliphatic heterocycles. The zero-order valence-electron chi connectivity index (χ0n) is 16.3. The fraction of sp³-hybridized carbons (Fsp3) is 0.318. The molecule has 0 aliphatic carbocycles. The van der Waals surface area contributed by atoms with Crippen molar-refractivity contribution in [2.24, 2.45) is 0 Å². The summed E-state index contributed by atoms with van der Waals surface area (Å²) in [6, 6.07) is 16.0. The summed E-state index contributed by atoms with van der Waals surface area (Å²) < 4.78 is 5.21. The number of hydrogen-bond acceptors (Lipinski definition) is 4. The number of anilines is 1. The second-order valence-corrected chi connectivity index (χ2v) is 6.29. The molecular formula is C22H26N2O4. The molecule has 6 nitrogen and oxygen atoms in total. The fourth-order valence-corrected chi connectivity index (χ4v) is 2.61. The maximum Gasteiger partial charge on any atom is 0.340 e. The topological polar surface area (TPSA) is 75.7 Å². The number of esters is 1. The highest BCUT2D eigenvalue weighted by Gasteiger charge is 2.23. The number of carbonyl (C=O) groups excluding carboxylic acids is 3. The normalized spacial score (nSPS) is 10.2. The lowest BCUT2D eigenvalue weighted by molar-refractivity contribution is -0.143. The Hall–Kier alpha value is -3.15. The van der Waals surface area contributed by atoms with Crippen molar-refractivity contribution < 1.29 is 19.1 Å². The molecule has 2 aromatic rings. The number of ether oxygens (including phenoxy) is 1. The Morgan fingerprint density at radius 2 is 1.64 bits per heavy atom. The first-order valence-corrected chi connectivity index (χ1v) is 9.47. The monoisotopic (exact) mass is 382 g/mol. The molecule has 2 amide bonds. The van der Waals surface area contributed by atoms with Crippen LogP contribution in [0.1, 0.15) is 42.6 Å². The van der Waals surface area contributed by atoms with Crippen LogP contribution in [0, 0.1) is 0 Å². The van der Waals surface area contributed by atoms with Crippen LogP contribution >= 0.6 is 0 Å². The van der Waals surface area contributed by atoms with Crippen molar-refractivity contribution in [3.05, 3.63) is 65.7 Å². The van der Waals surface area contributed by atoms with Gasteiger partial charge in [0.25, 0.3) is 0 Å². The van der Waals surface area contributed by atoms with Crippen LogP contribution in [0.4, 0.5) is 5.69 Å². The number of amides is 2. The van der Waals surface area contributed by atoms with E-state index in [9.17, 15) is 14.4 Å². The molecule has 0 aliphatic rings. The summed E-state index contributed by atoms with van der Waals surface area (Å²) >= 11 is 0. The Labute approximate surface area is 165 Å². The number of benzene rings is 2. The number of nitrogens with one attached hydrogen (secondary N) is 1. The Kier molecular flexibility index (Phi) is 8.21. The van der Waals surface area contributed by atoms with Gasteiger partial charge >= 0.3 is 17.8 Å². The minimum atomic E-state index is -0.786. The molecule has 0 spiro atoms. The molecule has 6 heteroatoms. The minimum Gasteiger partial charge on any atom is -0.462 e. The summed E-state index contributed by atoms with van der Waals surface area (Å²) in [4.78, 5) is 38.8. The maximum absolute atomic E-state index is 12.6. The van der Waals surface area contributed by atoms with E-state index in [1.807, 2.05) is 44.2 Å². The van der Waals surface area contributed by atoms with Gasteiger partial charge in [-0.3, -0.25) is 9.59 Å². The van der Waals surface area contributed by atoms with Crippen LogP contribution in [0.5, 0.6) is 0 Å². The van der Waals surface area contributed by atoms with Gasteiger partial charge in [0.1, 0.15) is 0 Å². The van der Waals surface area contributed by atoms with Gasteiger partial charge < -0.3 is 15.0 Å². The highest BCUT2D eigenvalue weighted by molar-refractivity contribution is 6.39. The minimum absolute atomic E-state index is 0.228. The number of nitrogens with zero attached hydrogens (tertiary/aromatic N) is 1. The molecule has 0 saturated carbocycles. The summed E-state index contributed by atoms with van der Waals surface area (Å²) in [7, 11) is 0. The van der Waals surface area contributed by atoms with Gasteiger partial charge in [0.15, 0.2) is 0 Å². The van der Waals surface area contributed by atoms with E-state index in [-0.39, 0.29) is 11.3 Å². The van der Waals surface area contributed by atoms with Gasteiger partial charge in [0.2, 0.25) is 0 Å². The van der Waals surface area contributed by atoms with Crippen LogP contribution < -0.4 is 5.32 Å². The number of para-hydroxylation sites is 1. The summed E-state index contributed by atoms with van der Waals surface area (Å²) in [5.41, 5.74) is 1.43. The lowest BCUT2D eigenvalue weighted by Crippen LogP contribution is -2.39. The number of likely N-dealkylation sites (N-methyl/N-ethyl adjacent to an activating group) is 1. The maximum atomic E-state index is 12.6. The van der Waals surface area contributed by atoms with E-state index in [0.29, 0.717) is 19.7 Å². The van der Waals surface area contributed by atoms with Crippen LogP contribution in [-0.4, -0.2) is 35.8 Å². The Bertz CT molecular complexity index is 805. The summed E-state index contributed by atoms with van der Waals surface area (Å²) in [5, 5.41) is 2.55. The molecule has 2 rings (SSSR count). The molecule has 1 N–H and O–H groups in total. The Morgan fingerprint density at radius 1 is 0.964 bits per heavy atom. The van der Waals surface area contributed by atoms with Crippen molar-refractivity contribution in [3.63, 3.8) is 0 Å². The van der Waals surface area contributed by atoms with Gasteiger partial charge in [-0.15, -0.1) is 0 Å². The molecule has 0 saturated heterocycles. The number of carbonyl (C=O) groups is 3. The van der Waals surface area contributed by atoms with Gasteiger partial charge in [0.05, 0.1) is 17.9 Å². The highest BCUT2D eigenvalue weighted by atomic mass is 16.5. The summed E-state index contributed by atoms with van der Waals surface area (Å²) in [5.74, 6) is -1.96. The second-order valence-electron chi connectivity index (χ2n) is 6.29. The number of unbranched alkanes of at least 4 members (excludes halogenated alkanes) is 1. The van der Waals surface area contributed by atoms with E-state index in [1.165, 1.54) is 4.90 Å². The van der Waals surface area contributed by atoms with Gasteiger partial charge in [-0.2, -0.15) is 0 Å². The molecule has 0 fully saturated rings. The smallest absolute Gasteiger partial charge is 0.340 e. The van der Waals surface area contributed by atoms with Crippen LogP contribution in [0.15, 0.2) is 54.6 Å². The molecule has 0 aromatic heterocycles. The van der Waals surface area contributed by atoms with Crippen molar-refractivity contribution >= 4 is 23.5 Å². The predicted molar refractivity (Wildman–Crippen MR) is 108 cm³/mol. The number of rotatable bonds is 8. The Morgan fingerprint density at radius 3 is 2.32 bits per heavy atom. The largest absolute Gasteiger partial charge is 0.462 e. The molecule has 0 heterocycles. The first-order valence-electron chi connectivity index (χ1n) is 9.47. The van der Waals surface area contributed by atoms with Crippen LogP contribution in [-0.2, 0) is 20.9 Å². The van der Waals surface area contributed by atoms with Crippen molar-refractivity contribution in [2.45, 2.75) is 33.2 Å².